The molecule has 2 aromatic rings. The number of hydrogen-bond acceptors (Lipinski definition) is 9. The average molecular weight is 514 g/mol. The molecule has 0 aliphatic carbocycles. The Balaban J connectivity index is 2.25. The van der Waals surface area contributed by atoms with Gasteiger partial charge >= 0.3 is 17.9 Å². The van der Waals surface area contributed by atoms with Crippen molar-refractivity contribution < 1.29 is 51.3 Å². The second-order valence-electron chi connectivity index (χ2n) is 6.71. The molecule has 0 amide bonds. The molecule has 0 saturated carbocycles. The van der Waals surface area contributed by atoms with Crippen molar-refractivity contribution in [1.82, 2.24) is 0 Å². The van der Waals surface area contributed by atoms with Gasteiger partial charge in [-0.05, 0) is 23.3 Å². The molecule has 12 heteroatoms. The van der Waals surface area contributed by atoms with Crippen LogP contribution in [0.15, 0.2) is 35.7 Å². The minimum absolute atomic E-state index is 0.0446. The van der Waals surface area contributed by atoms with Crippen LogP contribution in [-0.2, 0) is 31.3 Å². The van der Waals surface area contributed by atoms with Gasteiger partial charge in [0.05, 0.1) is 41.1 Å². The molecule has 0 radical (unpaired) electrons. The molecule has 0 heterocycles. The number of methoxy groups -OCH3 is 5. The van der Waals surface area contributed by atoms with Gasteiger partial charge < -0.3 is 33.0 Å². The third-order valence-corrected chi connectivity index (χ3v) is 5.63. The van der Waals surface area contributed by atoms with E-state index in [0.29, 0.717) is 35.5 Å². The van der Waals surface area contributed by atoms with Crippen LogP contribution in [0.2, 0.25) is 0 Å². The minimum Gasteiger partial charge on any atom is -0.612 e. The van der Waals surface area contributed by atoms with Gasteiger partial charge in [-0.3, -0.25) is 0 Å². The molecule has 0 spiro atoms. The van der Waals surface area contributed by atoms with E-state index >= 15 is 0 Å². The third kappa shape index (κ3) is 6.76. The summed E-state index contributed by atoms with van der Waals surface area (Å²) in [6.07, 6.45) is 1.55. The summed E-state index contributed by atoms with van der Waals surface area (Å²) in [6.45, 7) is 0. The lowest BCUT2D eigenvalue weighted by atomic mass is 10.1. The monoisotopic (exact) mass is 514 g/mol. The molecule has 190 valence electrons. The van der Waals surface area contributed by atoms with Crippen LogP contribution in [0.25, 0.3) is 6.08 Å². The predicted molar refractivity (Wildman–Crippen MR) is 123 cm³/mol. The largest absolute Gasteiger partial charge is 0.612 e. The van der Waals surface area contributed by atoms with E-state index < -0.39 is 29.0 Å². The molecule has 0 fully saturated rings. The summed E-state index contributed by atoms with van der Waals surface area (Å²) in [5.41, 5.74) is 0.908. The van der Waals surface area contributed by atoms with E-state index in [9.17, 15) is 22.9 Å². The van der Waals surface area contributed by atoms with Crippen molar-refractivity contribution in [2.75, 3.05) is 35.5 Å². The average Bonchev–Trinajstić information content (AvgIpc) is 2.86. The Labute approximate surface area is 203 Å². The lowest BCUT2D eigenvalue weighted by Gasteiger charge is -2.15. The van der Waals surface area contributed by atoms with E-state index in [4.69, 9.17) is 18.9 Å². The number of alkyl halides is 2. The molecule has 35 heavy (non-hydrogen) atoms. The van der Waals surface area contributed by atoms with Crippen molar-refractivity contribution >= 4 is 29.2 Å². The maximum atomic E-state index is 13.8. The summed E-state index contributed by atoms with van der Waals surface area (Å²) >= 11 is -1.58. The first-order valence-electron chi connectivity index (χ1n) is 9.82. The lowest BCUT2D eigenvalue weighted by molar-refractivity contribution is -0.183. The predicted octanol–water partition coefficient (Wildman–Crippen LogP) is 3.35. The Bertz CT molecular complexity index is 1060. The standard InChI is InChI=1S/C23H24F2O9S/c1-29-15-11-18(31-3)16(19(12-15)32-4)8-9-35(28)13-14-6-7-17(30-2)20(10-14)34-22(27)23(24,25)21(26)33-5/h6-12H,13H2,1-5H3/b9-8+. The minimum atomic E-state index is -4.52. The van der Waals surface area contributed by atoms with Crippen molar-refractivity contribution in [3.05, 3.63) is 46.9 Å². The second-order valence-corrected chi connectivity index (χ2v) is 8.04. The smallest absolute Gasteiger partial charge is 0.437 e. The molecule has 1 atom stereocenters. The van der Waals surface area contributed by atoms with E-state index in [1.165, 1.54) is 52.0 Å². The number of halogens is 2. The number of benzene rings is 2. The van der Waals surface area contributed by atoms with Crippen LogP contribution in [0.5, 0.6) is 28.7 Å². The molecule has 0 aromatic heterocycles. The van der Waals surface area contributed by atoms with E-state index in [2.05, 4.69) is 9.47 Å². The van der Waals surface area contributed by atoms with Gasteiger partial charge in [0, 0.05) is 23.8 Å². The van der Waals surface area contributed by atoms with Gasteiger partial charge in [-0.25, -0.2) is 9.59 Å². The summed E-state index contributed by atoms with van der Waals surface area (Å²) in [7, 11) is 6.38. The Kier molecular flexibility index (Phi) is 9.72. The zero-order valence-electron chi connectivity index (χ0n) is 19.6. The van der Waals surface area contributed by atoms with Gasteiger partial charge in [0.2, 0.25) is 0 Å². The van der Waals surface area contributed by atoms with Gasteiger partial charge in [0.25, 0.3) is 0 Å². The normalized spacial score (nSPS) is 12.1. The summed E-state index contributed by atoms with van der Waals surface area (Å²) < 4.78 is 69.8. The van der Waals surface area contributed by atoms with E-state index in [1.54, 1.807) is 18.2 Å². The van der Waals surface area contributed by atoms with E-state index in [-0.39, 0.29) is 17.3 Å². The Morgan fingerprint density at radius 3 is 2.00 bits per heavy atom. The Morgan fingerprint density at radius 1 is 0.886 bits per heavy atom. The molecule has 0 aliphatic rings. The number of carbonyl (C=O) groups is 2. The van der Waals surface area contributed by atoms with E-state index in [1.807, 2.05) is 0 Å². The Hall–Kier alpha value is -3.51. The molecular formula is C23H24F2O9S. The summed E-state index contributed by atoms with van der Waals surface area (Å²) in [6, 6.07) is 7.36. The summed E-state index contributed by atoms with van der Waals surface area (Å²) in [4.78, 5) is 23.0. The van der Waals surface area contributed by atoms with Crippen molar-refractivity contribution in [2.45, 2.75) is 11.7 Å². The lowest BCUT2D eigenvalue weighted by Crippen LogP contribution is -2.41. The molecular weight excluding hydrogens is 490 g/mol. The molecule has 2 aromatic carbocycles. The Morgan fingerprint density at radius 2 is 1.49 bits per heavy atom. The van der Waals surface area contributed by atoms with Crippen molar-refractivity contribution in [3.8, 4) is 28.7 Å². The second kappa shape index (κ2) is 12.3. The van der Waals surface area contributed by atoms with Crippen molar-refractivity contribution in [2.24, 2.45) is 0 Å². The van der Waals surface area contributed by atoms with Gasteiger partial charge in [-0.2, -0.15) is 8.78 Å². The van der Waals surface area contributed by atoms with Gasteiger partial charge in [-0.1, -0.05) is 6.07 Å². The zero-order chi connectivity index (χ0) is 26.2. The van der Waals surface area contributed by atoms with Gasteiger partial charge in [0.15, 0.2) is 11.5 Å². The highest BCUT2D eigenvalue weighted by Crippen LogP contribution is 2.35. The fourth-order valence-corrected chi connectivity index (χ4v) is 3.71. The van der Waals surface area contributed by atoms with Gasteiger partial charge in [0.1, 0.15) is 28.4 Å². The topological polar surface area (TPSA) is 113 Å². The number of ether oxygens (including phenoxy) is 6. The first kappa shape index (κ1) is 27.7. The molecule has 0 bridgehead atoms. The zero-order valence-corrected chi connectivity index (χ0v) is 20.4. The van der Waals surface area contributed by atoms with Crippen LogP contribution >= 0.6 is 0 Å². The highest BCUT2D eigenvalue weighted by molar-refractivity contribution is 7.93. The molecule has 0 aliphatic heterocycles. The molecule has 9 nitrogen and oxygen atoms in total. The third-order valence-electron chi connectivity index (χ3n) is 4.58. The maximum absolute atomic E-state index is 13.8. The molecule has 2 rings (SSSR count). The van der Waals surface area contributed by atoms with E-state index in [0.717, 1.165) is 0 Å². The first-order chi connectivity index (χ1) is 16.6. The highest BCUT2D eigenvalue weighted by atomic mass is 32.2. The maximum Gasteiger partial charge on any atom is 0.437 e. The van der Waals surface area contributed by atoms with Crippen LogP contribution in [-0.4, -0.2) is 58.0 Å². The molecule has 0 saturated heterocycles. The number of rotatable bonds is 11. The number of hydrogen-bond donors (Lipinski definition) is 0. The van der Waals surface area contributed by atoms with Crippen LogP contribution in [0, 0.1) is 0 Å². The van der Waals surface area contributed by atoms with Gasteiger partial charge in [-0.15, -0.1) is 0 Å². The molecule has 1 unspecified atom stereocenters. The quantitative estimate of drug-likeness (QED) is 0.193. The first-order valence-corrected chi connectivity index (χ1v) is 11.2. The van der Waals surface area contributed by atoms with Crippen LogP contribution in [0.4, 0.5) is 8.78 Å². The SMILES string of the molecule is COC(=O)C(F)(F)C(=O)Oc1cc(C[S+]([O-])/C=C/c2c(OC)cc(OC)cc2OC)ccc1OC. The number of carbonyl (C=O) groups excluding carboxylic acids is 2. The van der Waals surface area contributed by atoms with Crippen molar-refractivity contribution in [3.63, 3.8) is 0 Å². The van der Waals surface area contributed by atoms with Crippen LogP contribution in [0.1, 0.15) is 11.1 Å². The highest BCUT2D eigenvalue weighted by Gasteiger charge is 2.51. The van der Waals surface area contributed by atoms with Crippen LogP contribution in [0.3, 0.4) is 0 Å². The number of esters is 2. The van der Waals surface area contributed by atoms with Crippen LogP contribution < -0.4 is 23.7 Å². The fraction of sp³-hybridized carbons (Fsp3) is 0.304. The fourth-order valence-electron chi connectivity index (χ4n) is 2.82. The van der Waals surface area contributed by atoms with Crippen molar-refractivity contribution in [1.29, 1.82) is 0 Å². The summed E-state index contributed by atoms with van der Waals surface area (Å²) in [5, 5.41) is 1.40. The molecule has 0 N–H and O–H groups in total. The summed E-state index contributed by atoms with van der Waals surface area (Å²) in [5.74, 6) is -7.83.